The molecular weight excluding hydrogens is 374 g/mol. The van der Waals surface area contributed by atoms with E-state index in [9.17, 15) is 5.26 Å². The van der Waals surface area contributed by atoms with Crippen LogP contribution >= 0.6 is 11.6 Å². The number of aromatic amines is 1. The molecule has 0 fully saturated rings. The van der Waals surface area contributed by atoms with Crippen LogP contribution in [0.1, 0.15) is 35.6 Å². The van der Waals surface area contributed by atoms with Gasteiger partial charge in [-0.25, -0.2) is 4.98 Å². The van der Waals surface area contributed by atoms with Crippen molar-refractivity contribution in [3.63, 3.8) is 0 Å². The summed E-state index contributed by atoms with van der Waals surface area (Å²) in [7, 11) is 0. The molecule has 0 amide bonds. The van der Waals surface area contributed by atoms with Gasteiger partial charge in [0.15, 0.2) is 12.2 Å². The normalized spacial score (nSPS) is 15.9. The number of fused-ring (bicyclic) bond motifs is 2. The number of rotatable bonds is 3. The number of anilines is 1. The maximum Gasteiger partial charge on any atom is 0.181 e. The number of hydrogen-bond donors (Lipinski definition) is 2. The van der Waals surface area contributed by atoms with Crippen LogP contribution in [-0.2, 0) is 6.42 Å². The summed E-state index contributed by atoms with van der Waals surface area (Å²) in [6, 6.07) is 12.2. The van der Waals surface area contributed by atoms with Crippen molar-refractivity contribution in [2.75, 3.05) is 5.32 Å². The van der Waals surface area contributed by atoms with Crippen molar-refractivity contribution >= 4 is 28.2 Å². The van der Waals surface area contributed by atoms with Crippen molar-refractivity contribution in [2.24, 2.45) is 0 Å². The molecule has 5 rings (SSSR count). The minimum atomic E-state index is 0.145. The molecule has 1 unspecified atom stereocenters. The van der Waals surface area contributed by atoms with Crippen LogP contribution in [0.15, 0.2) is 47.3 Å². The topological polar surface area (TPSA) is 90.5 Å². The minimum absolute atomic E-state index is 0.145. The molecule has 0 radical (unpaired) electrons. The molecule has 0 saturated heterocycles. The van der Waals surface area contributed by atoms with E-state index in [4.69, 9.17) is 16.0 Å². The van der Waals surface area contributed by atoms with Crippen molar-refractivity contribution in [3.05, 3.63) is 64.6 Å². The highest BCUT2D eigenvalue weighted by Crippen LogP contribution is 2.38. The molecular formula is C21H16ClN5O. The van der Waals surface area contributed by atoms with Gasteiger partial charge >= 0.3 is 0 Å². The second kappa shape index (κ2) is 6.70. The molecule has 7 heteroatoms. The van der Waals surface area contributed by atoms with Crippen LogP contribution in [-0.4, -0.2) is 15.2 Å². The van der Waals surface area contributed by atoms with Crippen molar-refractivity contribution in [1.82, 2.24) is 15.2 Å². The Kier molecular flexibility index (Phi) is 4.03. The van der Waals surface area contributed by atoms with E-state index < -0.39 is 0 Å². The fourth-order valence-corrected chi connectivity index (χ4v) is 4.23. The number of nitrogens with one attached hydrogen (secondary N) is 2. The van der Waals surface area contributed by atoms with Gasteiger partial charge < -0.3 is 9.73 Å². The molecule has 1 aliphatic rings. The highest BCUT2D eigenvalue weighted by molar-refractivity contribution is 6.32. The summed E-state index contributed by atoms with van der Waals surface area (Å²) in [4.78, 5) is 3.98. The number of oxazole rings is 1. The second-order valence-electron chi connectivity index (χ2n) is 6.89. The van der Waals surface area contributed by atoms with Crippen molar-refractivity contribution in [2.45, 2.75) is 25.3 Å². The molecule has 138 valence electrons. The lowest BCUT2D eigenvalue weighted by Gasteiger charge is -2.28. The molecule has 0 bridgehead atoms. The smallest absolute Gasteiger partial charge is 0.181 e. The number of nitrogens with zero attached hydrogens (tertiary/aromatic N) is 3. The standard InChI is InChI=1S/C21H16ClN5O/c22-20-12(9-23)4-6-14-15(20)2-1-3-17(14)25-13-5-7-18-16(8-13)21(27-26-18)19-10-24-11-28-19/h4-8,10-11,17,25H,1-3H2,(H,26,27). The molecule has 2 N–H and O–H groups in total. The summed E-state index contributed by atoms with van der Waals surface area (Å²) in [5, 5.41) is 21.8. The molecule has 1 atom stereocenters. The average Bonchev–Trinajstić information content (AvgIpc) is 3.38. The second-order valence-corrected chi connectivity index (χ2v) is 7.27. The van der Waals surface area contributed by atoms with Crippen molar-refractivity contribution in [1.29, 1.82) is 5.26 Å². The van der Waals surface area contributed by atoms with Gasteiger partial charge in [-0.05, 0) is 54.7 Å². The van der Waals surface area contributed by atoms with Gasteiger partial charge in [-0.2, -0.15) is 10.4 Å². The van der Waals surface area contributed by atoms with Gasteiger partial charge in [0.25, 0.3) is 0 Å². The highest BCUT2D eigenvalue weighted by atomic mass is 35.5. The van der Waals surface area contributed by atoms with Gasteiger partial charge in [-0.1, -0.05) is 17.7 Å². The quantitative estimate of drug-likeness (QED) is 0.500. The van der Waals surface area contributed by atoms with E-state index in [1.54, 1.807) is 6.20 Å². The van der Waals surface area contributed by atoms with Crippen LogP contribution in [0.25, 0.3) is 22.4 Å². The summed E-state index contributed by atoms with van der Waals surface area (Å²) in [5.41, 5.74) is 5.45. The van der Waals surface area contributed by atoms with Crippen LogP contribution in [0.4, 0.5) is 5.69 Å². The Balaban J connectivity index is 1.51. The lowest BCUT2D eigenvalue weighted by molar-refractivity contribution is 0.570. The van der Waals surface area contributed by atoms with Gasteiger partial charge in [0, 0.05) is 11.1 Å². The molecule has 0 spiro atoms. The minimum Gasteiger partial charge on any atom is -0.442 e. The zero-order chi connectivity index (χ0) is 19.1. The third kappa shape index (κ3) is 2.72. The Hall–Kier alpha value is -3.30. The first-order valence-electron chi connectivity index (χ1n) is 9.09. The van der Waals surface area contributed by atoms with Crippen LogP contribution < -0.4 is 5.32 Å². The molecule has 2 heterocycles. The third-order valence-electron chi connectivity index (χ3n) is 5.26. The largest absolute Gasteiger partial charge is 0.442 e. The Labute approximate surface area is 166 Å². The van der Waals surface area contributed by atoms with Gasteiger partial charge in [0.2, 0.25) is 0 Å². The number of hydrogen-bond acceptors (Lipinski definition) is 5. The number of halogens is 1. The van der Waals surface area contributed by atoms with E-state index in [0.717, 1.165) is 52.7 Å². The van der Waals surface area contributed by atoms with Gasteiger partial charge in [0.1, 0.15) is 11.8 Å². The average molecular weight is 390 g/mol. The van der Waals surface area contributed by atoms with E-state index in [2.05, 4.69) is 32.6 Å². The molecule has 1 aliphatic carbocycles. The van der Waals surface area contributed by atoms with Crippen LogP contribution in [0.5, 0.6) is 0 Å². The maximum atomic E-state index is 9.23. The fourth-order valence-electron chi connectivity index (χ4n) is 3.92. The monoisotopic (exact) mass is 389 g/mol. The van der Waals surface area contributed by atoms with Crippen LogP contribution in [0.3, 0.4) is 0 Å². The van der Waals surface area contributed by atoms with E-state index in [0.29, 0.717) is 16.3 Å². The number of aromatic nitrogens is 3. The van der Waals surface area contributed by atoms with Gasteiger partial charge in [0.05, 0.1) is 28.3 Å². The van der Waals surface area contributed by atoms with Crippen molar-refractivity contribution < 1.29 is 4.42 Å². The number of H-pyrrole nitrogens is 1. The lowest BCUT2D eigenvalue weighted by atomic mass is 9.86. The zero-order valence-electron chi connectivity index (χ0n) is 14.9. The molecule has 6 nitrogen and oxygen atoms in total. The first kappa shape index (κ1) is 16.8. The summed E-state index contributed by atoms with van der Waals surface area (Å²) in [5.74, 6) is 0.627. The molecule has 0 aliphatic heterocycles. The molecule has 0 saturated carbocycles. The molecule has 4 aromatic rings. The molecule has 2 aromatic heterocycles. The molecule has 28 heavy (non-hydrogen) atoms. The van der Waals surface area contributed by atoms with E-state index >= 15 is 0 Å². The maximum absolute atomic E-state index is 9.23. The van der Waals surface area contributed by atoms with E-state index in [-0.39, 0.29) is 6.04 Å². The summed E-state index contributed by atoms with van der Waals surface area (Å²) >= 11 is 6.46. The Morgan fingerprint density at radius 2 is 2.21 bits per heavy atom. The predicted octanol–water partition coefficient (Wildman–Crippen LogP) is 5.23. The van der Waals surface area contributed by atoms with Crippen molar-refractivity contribution in [3.8, 4) is 17.5 Å². The van der Waals surface area contributed by atoms with Gasteiger partial charge in [-0.3, -0.25) is 5.10 Å². The van der Waals surface area contributed by atoms with Gasteiger partial charge in [-0.15, -0.1) is 0 Å². The lowest BCUT2D eigenvalue weighted by Crippen LogP contribution is -2.18. The summed E-state index contributed by atoms with van der Waals surface area (Å²) < 4.78 is 5.40. The fraction of sp³-hybridized carbons (Fsp3) is 0.190. The summed E-state index contributed by atoms with van der Waals surface area (Å²) in [6.07, 6.45) is 5.99. The first-order valence-corrected chi connectivity index (χ1v) is 9.47. The summed E-state index contributed by atoms with van der Waals surface area (Å²) in [6.45, 7) is 0. The Morgan fingerprint density at radius 3 is 3.04 bits per heavy atom. The first-order chi connectivity index (χ1) is 13.7. The predicted molar refractivity (Wildman–Crippen MR) is 107 cm³/mol. The highest BCUT2D eigenvalue weighted by Gasteiger charge is 2.24. The Bertz CT molecular complexity index is 1210. The SMILES string of the molecule is N#Cc1ccc2c(c1Cl)CCCC2Nc1ccc2[nH]nc(-c3cnco3)c2c1. The Morgan fingerprint density at radius 1 is 1.29 bits per heavy atom. The van der Waals surface area contributed by atoms with E-state index in [1.807, 2.05) is 24.3 Å². The van der Waals surface area contributed by atoms with Crippen LogP contribution in [0, 0.1) is 11.3 Å². The van der Waals surface area contributed by atoms with Crippen LogP contribution in [0.2, 0.25) is 5.02 Å². The zero-order valence-corrected chi connectivity index (χ0v) is 15.6. The molecule has 2 aromatic carbocycles. The van der Waals surface area contributed by atoms with E-state index in [1.165, 1.54) is 6.39 Å². The number of nitriles is 1. The third-order valence-corrected chi connectivity index (χ3v) is 5.70. The number of benzene rings is 2.